The van der Waals surface area contributed by atoms with Crippen molar-refractivity contribution in [3.05, 3.63) is 0 Å². The second kappa shape index (κ2) is 5.72. The third-order valence-corrected chi connectivity index (χ3v) is 2.63. The summed E-state index contributed by atoms with van der Waals surface area (Å²) in [6.07, 6.45) is 1.79. The number of nitrogens with one attached hydrogen (secondary N) is 1. The maximum atomic E-state index is 11.7. The minimum atomic E-state index is -0.389. The summed E-state index contributed by atoms with van der Waals surface area (Å²) in [5.41, 5.74) is 0. The number of amides is 1. The number of carbonyl (C=O) groups is 1. The van der Waals surface area contributed by atoms with E-state index < -0.39 is 0 Å². The number of nitriles is 1. The highest BCUT2D eigenvalue weighted by molar-refractivity contribution is 5.79. The van der Waals surface area contributed by atoms with Gasteiger partial charge >= 0.3 is 0 Å². The lowest BCUT2D eigenvalue weighted by Crippen LogP contribution is -2.43. The minimum absolute atomic E-state index is 0.0463. The maximum Gasteiger partial charge on any atom is 0.226 e. The summed E-state index contributed by atoms with van der Waals surface area (Å²) in [5, 5.41) is 11.6. The monoisotopic (exact) mass is 210 g/mol. The first-order chi connectivity index (χ1) is 7.15. The predicted octanol–water partition coefficient (Wildman–Crippen LogP) is 1.08. The topological polar surface area (TPSA) is 62.1 Å². The van der Waals surface area contributed by atoms with Crippen LogP contribution in [-0.2, 0) is 9.53 Å². The molecule has 0 aromatic carbocycles. The molecule has 84 valence electrons. The van der Waals surface area contributed by atoms with E-state index in [1.807, 2.05) is 13.8 Å². The second-order valence-electron chi connectivity index (χ2n) is 4.27. The molecule has 0 aliphatic carbocycles. The molecule has 1 aliphatic rings. The molecule has 0 aromatic rings. The standard InChI is InChI=1S/C11H18N2O2/c1-8(2)10(6-12)13-11(14)9-4-3-5-15-7-9/h8-10H,3-5,7H2,1-2H3,(H,13,14). The fourth-order valence-electron chi connectivity index (χ4n) is 1.57. The molecular formula is C11H18N2O2. The average molecular weight is 210 g/mol. The highest BCUT2D eigenvalue weighted by Crippen LogP contribution is 2.14. The molecule has 1 N–H and O–H groups in total. The highest BCUT2D eigenvalue weighted by Gasteiger charge is 2.24. The molecule has 2 unspecified atom stereocenters. The Morgan fingerprint density at radius 3 is 2.80 bits per heavy atom. The Bertz CT molecular complexity index is 252. The van der Waals surface area contributed by atoms with E-state index in [1.165, 1.54) is 0 Å². The molecule has 0 spiro atoms. The molecule has 1 fully saturated rings. The zero-order valence-electron chi connectivity index (χ0n) is 9.32. The summed E-state index contributed by atoms with van der Waals surface area (Å²) in [4.78, 5) is 11.7. The van der Waals surface area contributed by atoms with E-state index in [0.717, 1.165) is 19.4 Å². The number of carbonyl (C=O) groups excluding carboxylic acids is 1. The van der Waals surface area contributed by atoms with Gasteiger partial charge < -0.3 is 10.1 Å². The van der Waals surface area contributed by atoms with Gasteiger partial charge in [0.25, 0.3) is 0 Å². The summed E-state index contributed by atoms with van der Waals surface area (Å²) >= 11 is 0. The van der Waals surface area contributed by atoms with Gasteiger partial charge in [0.05, 0.1) is 18.6 Å². The lowest BCUT2D eigenvalue weighted by molar-refractivity contribution is -0.129. The zero-order valence-corrected chi connectivity index (χ0v) is 9.32. The molecule has 2 atom stereocenters. The summed E-state index contributed by atoms with van der Waals surface area (Å²) in [6.45, 7) is 5.08. The normalized spacial score (nSPS) is 23.2. The molecule has 0 bridgehead atoms. The summed E-state index contributed by atoms with van der Waals surface area (Å²) in [6, 6.07) is 1.71. The van der Waals surface area contributed by atoms with Gasteiger partial charge in [-0.2, -0.15) is 5.26 Å². The van der Waals surface area contributed by atoms with Crippen LogP contribution in [0.4, 0.5) is 0 Å². The van der Waals surface area contributed by atoms with Crippen LogP contribution in [0.3, 0.4) is 0 Å². The molecule has 1 amide bonds. The highest BCUT2D eigenvalue weighted by atomic mass is 16.5. The van der Waals surface area contributed by atoms with Crippen molar-refractivity contribution in [3.8, 4) is 6.07 Å². The van der Waals surface area contributed by atoms with Crippen LogP contribution < -0.4 is 5.32 Å². The molecule has 0 aromatic heterocycles. The van der Waals surface area contributed by atoms with Crippen molar-refractivity contribution < 1.29 is 9.53 Å². The van der Waals surface area contributed by atoms with Crippen LogP contribution in [0.5, 0.6) is 0 Å². The van der Waals surface area contributed by atoms with Gasteiger partial charge in [0.1, 0.15) is 6.04 Å². The van der Waals surface area contributed by atoms with Crippen LogP contribution in [0.25, 0.3) is 0 Å². The van der Waals surface area contributed by atoms with Gasteiger partial charge in [0, 0.05) is 6.61 Å². The third kappa shape index (κ3) is 3.52. The van der Waals surface area contributed by atoms with E-state index in [-0.39, 0.29) is 23.8 Å². The van der Waals surface area contributed by atoms with Gasteiger partial charge in [-0.15, -0.1) is 0 Å². The molecule has 15 heavy (non-hydrogen) atoms. The summed E-state index contributed by atoms with van der Waals surface area (Å²) in [5.74, 6) is 0.0201. The van der Waals surface area contributed by atoms with Gasteiger partial charge in [-0.1, -0.05) is 13.8 Å². The largest absolute Gasteiger partial charge is 0.381 e. The van der Waals surface area contributed by atoms with Gasteiger partial charge in [-0.05, 0) is 18.8 Å². The van der Waals surface area contributed by atoms with Crippen molar-refractivity contribution in [3.63, 3.8) is 0 Å². The Kier molecular flexibility index (Phi) is 4.57. The minimum Gasteiger partial charge on any atom is -0.381 e. The molecule has 0 radical (unpaired) electrons. The number of hydrogen-bond donors (Lipinski definition) is 1. The number of rotatable bonds is 3. The average Bonchev–Trinajstić information content (AvgIpc) is 2.26. The SMILES string of the molecule is CC(C)C(C#N)NC(=O)C1CCCOC1. The molecule has 1 aliphatic heterocycles. The van der Waals surface area contributed by atoms with Crippen LogP contribution >= 0.6 is 0 Å². The molecule has 0 saturated carbocycles. The molecule has 1 rings (SSSR count). The predicted molar refractivity (Wildman–Crippen MR) is 55.9 cm³/mol. The Hall–Kier alpha value is -1.08. The first-order valence-electron chi connectivity index (χ1n) is 5.43. The molecular weight excluding hydrogens is 192 g/mol. The van der Waals surface area contributed by atoms with E-state index in [4.69, 9.17) is 10.00 Å². The number of hydrogen-bond acceptors (Lipinski definition) is 3. The number of nitrogens with zero attached hydrogens (tertiary/aromatic N) is 1. The van der Waals surface area contributed by atoms with Crippen LogP contribution in [0.15, 0.2) is 0 Å². The smallest absolute Gasteiger partial charge is 0.226 e. The van der Waals surface area contributed by atoms with Gasteiger partial charge in [-0.25, -0.2) is 0 Å². The van der Waals surface area contributed by atoms with Crippen LogP contribution in [0.2, 0.25) is 0 Å². The van der Waals surface area contributed by atoms with Crippen molar-refractivity contribution in [2.75, 3.05) is 13.2 Å². The fraction of sp³-hybridized carbons (Fsp3) is 0.818. The van der Waals surface area contributed by atoms with Crippen molar-refractivity contribution in [1.82, 2.24) is 5.32 Å². The van der Waals surface area contributed by atoms with Crippen molar-refractivity contribution in [1.29, 1.82) is 5.26 Å². The van der Waals surface area contributed by atoms with Crippen molar-refractivity contribution in [2.24, 2.45) is 11.8 Å². The third-order valence-electron chi connectivity index (χ3n) is 2.63. The Morgan fingerprint density at radius 1 is 1.60 bits per heavy atom. The lowest BCUT2D eigenvalue weighted by Gasteiger charge is -2.23. The number of ether oxygens (including phenoxy) is 1. The van der Waals surface area contributed by atoms with Gasteiger partial charge in [-0.3, -0.25) is 4.79 Å². The van der Waals surface area contributed by atoms with E-state index >= 15 is 0 Å². The fourth-order valence-corrected chi connectivity index (χ4v) is 1.57. The van der Waals surface area contributed by atoms with Gasteiger partial charge in [0.15, 0.2) is 0 Å². The first-order valence-corrected chi connectivity index (χ1v) is 5.43. The summed E-state index contributed by atoms with van der Waals surface area (Å²) in [7, 11) is 0. The quantitative estimate of drug-likeness (QED) is 0.758. The molecule has 4 nitrogen and oxygen atoms in total. The Balaban J connectivity index is 2.43. The van der Waals surface area contributed by atoms with E-state index in [9.17, 15) is 4.79 Å². The van der Waals surface area contributed by atoms with E-state index in [1.54, 1.807) is 0 Å². The Labute approximate surface area is 90.6 Å². The van der Waals surface area contributed by atoms with E-state index in [0.29, 0.717) is 6.61 Å². The summed E-state index contributed by atoms with van der Waals surface area (Å²) < 4.78 is 5.24. The maximum absolute atomic E-state index is 11.7. The molecule has 1 saturated heterocycles. The van der Waals surface area contributed by atoms with E-state index in [2.05, 4.69) is 11.4 Å². The van der Waals surface area contributed by atoms with Crippen molar-refractivity contribution in [2.45, 2.75) is 32.7 Å². The molecule has 1 heterocycles. The van der Waals surface area contributed by atoms with Crippen LogP contribution in [0.1, 0.15) is 26.7 Å². The van der Waals surface area contributed by atoms with Gasteiger partial charge in [0.2, 0.25) is 5.91 Å². The zero-order chi connectivity index (χ0) is 11.3. The van der Waals surface area contributed by atoms with Crippen molar-refractivity contribution >= 4 is 5.91 Å². The van der Waals surface area contributed by atoms with Crippen LogP contribution in [-0.4, -0.2) is 25.2 Å². The molecule has 4 heteroatoms. The second-order valence-corrected chi connectivity index (χ2v) is 4.27. The first kappa shape index (κ1) is 12.0. The lowest BCUT2D eigenvalue weighted by atomic mass is 9.99. The van der Waals surface area contributed by atoms with Crippen LogP contribution in [0, 0.1) is 23.2 Å². The Morgan fingerprint density at radius 2 is 2.33 bits per heavy atom.